The summed E-state index contributed by atoms with van der Waals surface area (Å²) < 4.78 is 16.1. The van der Waals surface area contributed by atoms with Gasteiger partial charge in [-0.25, -0.2) is 4.98 Å². The Morgan fingerprint density at radius 3 is 2.76 bits per heavy atom. The Labute approximate surface area is 149 Å². The Bertz CT molecular complexity index is 885. The van der Waals surface area contributed by atoms with Crippen LogP contribution in [0.25, 0.3) is 11.5 Å². The number of ether oxygens (including phenoxy) is 2. The van der Waals surface area contributed by atoms with Gasteiger partial charge in [-0.15, -0.1) is 11.3 Å². The monoisotopic (exact) mass is 358 g/mol. The molecule has 1 aromatic carbocycles. The fraction of sp³-hybridized carbons (Fsp3) is 0.222. The lowest BCUT2D eigenvalue weighted by Gasteiger charge is -2.10. The van der Waals surface area contributed by atoms with Crippen LogP contribution in [-0.4, -0.2) is 25.1 Å². The summed E-state index contributed by atoms with van der Waals surface area (Å²) in [5, 5.41) is 5.75. The van der Waals surface area contributed by atoms with Crippen LogP contribution in [0.15, 0.2) is 40.1 Å². The minimum absolute atomic E-state index is 0.248. The van der Waals surface area contributed by atoms with E-state index in [1.165, 1.54) is 7.11 Å². The number of methoxy groups -OCH3 is 2. The highest BCUT2D eigenvalue weighted by atomic mass is 32.1. The van der Waals surface area contributed by atoms with Gasteiger partial charge >= 0.3 is 0 Å². The van der Waals surface area contributed by atoms with E-state index in [0.717, 1.165) is 10.7 Å². The first kappa shape index (κ1) is 17.0. The van der Waals surface area contributed by atoms with Gasteiger partial charge in [-0.2, -0.15) is 0 Å². The molecule has 3 rings (SSSR count). The van der Waals surface area contributed by atoms with Crippen LogP contribution in [0.4, 0.5) is 0 Å². The quantitative estimate of drug-likeness (QED) is 0.728. The second-order valence-electron chi connectivity index (χ2n) is 5.27. The third-order valence-electron chi connectivity index (χ3n) is 3.61. The number of rotatable bonds is 6. The number of nitrogens with one attached hydrogen (secondary N) is 1. The van der Waals surface area contributed by atoms with Crippen LogP contribution in [-0.2, 0) is 6.54 Å². The van der Waals surface area contributed by atoms with Crippen molar-refractivity contribution >= 4 is 17.2 Å². The van der Waals surface area contributed by atoms with Crippen molar-refractivity contribution in [2.75, 3.05) is 14.2 Å². The number of amides is 1. The predicted octanol–water partition coefficient (Wildman–Crippen LogP) is 3.66. The molecule has 3 aromatic rings. The van der Waals surface area contributed by atoms with Crippen molar-refractivity contribution in [2.24, 2.45) is 0 Å². The summed E-state index contributed by atoms with van der Waals surface area (Å²) in [6, 6.07) is 8.73. The number of benzene rings is 1. The first-order valence-electron chi connectivity index (χ1n) is 7.62. The second-order valence-corrected chi connectivity index (χ2v) is 6.33. The molecule has 2 heterocycles. The molecule has 0 saturated heterocycles. The van der Waals surface area contributed by atoms with Gasteiger partial charge in [0.1, 0.15) is 23.0 Å². The van der Waals surface area contributed by atoms with Crippen molar-refractivity contribution in [3.63, 3.8) is 0 Å². The average molecular weight is 358 g/mol. The molecule has 130 valence electrons. The summed E-state index contributed by atoms with van der Waals surface area (Å²) in [5.41, 5.74) is 1.24. The molecule has 0 aliphatic rings. The van der Waals surface area contributed by atoms with Crippen molar-refractivity contribution in [3.8, 4) is 23.0 Å². The van der Waals surface area contributed by atoms with E-state index >= 15 is 0 Å². The van der Waals surface area contributed by atoms with Gasteiger partial charge in [-0.3, -0.25) is 4.79 Å². The molecule has 0 aliphatic carbocycles. The van der Waals surface area contributed by atoms with E-state index in [9.17, 15) is 4.79 Å². The molecule has 6 nitrogen and oxygen atoms in total. The summed E-state index contributed by atoms with van der Waals surface area (Å²) in [6.45, 7) is 2.22. The van der Waals surface area contributed by atoms with Crippen molar-refractivity contribution in [1.29, 1.82) is 0 Å². The molecule has 1 N–H and O–H groups in total. The van der Waals surface area contributed by atoms with E-state index in [2.05, 4.69) is 10.3 Å². The maximum Gasteiger partial charge on any atom is 0.255 e. The molecule has 0 atom stereocenters. The Morgan fingerprint density at radius 1 is 1.24 bits per heavy atom. The molecular weight excluding hydrogens is 340 g/mol. The predicted molar refractivity (Wildman–Crippen MR) is 95.3 cm³/mol. The summed E-state index contributed by atoms with van der Waals surface area (Å²) >= 11 is 1.57. The highest BCUT2D eigenvalue weighted by molar-refractivity contribution is 7.09. The Kier molecular flexibility index (Phi) is 5.04. The Morgan fingerprint density at radius 2 is 2.08 bits per heavy atom. The maximum absolute atomic E-state index is 12.4. The van der Waals surface area contributed by atoms with Crippen LogP contribution >= 0.6 is 11.3 Å². The standard InChI is InChI=1S/C18H18N2O4S/c1-11-20-15(10-25-11)16-7-5-13(24-16)9-19-18(21)14-6-4-12(22-2)8-17(14)23-3/h4-8,10H,9H2,1-3H3,(H,19,21). The van der Waals surface area contributed by atoms with Crippen LogP contribution in [0.2, 0.25) is 0 Å². The van der Waals surface area contributed by atoms with Gasteiger partial charge in [-0.1, -0.05) is 0 Å². The van der Waals surface area contributed by atoms with E-state index in [0.29, 0.717) is 28.6 Å². The van der Waals surface area contributed by atoms with Crippen LogP contribution in [0.3, 0.4) is 0 Å². The number of hydrogen-bond acceptors (Lipinski definition) is 6. The van der Waals surface area contributed by atoms with Gasteiger partial charge in [0.05, 0.1) is 31.3 Å². The lowest BCUT2D eigenvalue weighted by molar-refractivity contribution is 0.0945. The molecule has 0 aliphatic heterocycles. The normalized spacial score (nSPS) is 10.5. The summed E-state index contributed by atoms with van der Waals surface area (Å²) in [4.78, 5) is 16.8. The zero-order valence-corrected chi connectivity index (χ0v) is 15.0. The number of nitrogens with zero attached hydrogens (tertiary/aromatic N) is 1. The third kappa shape index (κ3) is 3.83. The molecule has 0 radical (unpaired) electrons. The summed E-state index contributed by atoms with van der Waals surface area (Å²) in [7, 11) is 3.08. The van der Waals surface area contributed by atoms with Crippen LogP contribution in [0.5, 0.6) is 11.5 Å². The zero-order valence-electron chi connectivity index (χ0n) is 14.2. The SMILES string of the molecule is COc1ccc(C(=O)NCc2ccc(-c3csc(C)n3)o2)c(OC)c1. The third-order valence-corrected chi connectivity index (χ3v) is 4.38. The first-order valence-corrected chi connectivity index (χ1v) is 8.50. The van der Waals surface area contributed by atoms with Gasteiger partial charge in [0.2, 0.25) is 0 Å². The van der Waals surface area contributed by atoms with Gasteiger partial charge in [0.25, 0.3) is 5.91 Å². The fourth-order valence-corrected chi connectivity index (χ4v) is 2.94. The van der Waals surface area contributed by atoms with Gasteiger partial charge in [0, 0.05) is 11.4 Å². The van der Waals surface area contributed by atoms with Crippen molar-refractivity contribution in [3.05, 3.63) is 52.0 Å². The van der Waals surface area contributed by atoms with Crippen LogP contribution < -0.4 is 14.8 Å². The second kappa shape index (κ2) is 7.40. The Balaban J connectivity index is 1.68. The molecule has 2 aromatic heterocycles. The lowest BCUT2D eigenvalue weighted by atomic mass is 10.1. The molecule has 0 saturated carbocycles. The molecule has 25 heavy (non-hydrogen) atoms. The van der Waals surface area contributed by atoms with Gasteiger partial charge in [0.15, 0.2) is 5.76 Å². The number of aromatic nitrogens is 1. The molecule has 0 bridgehead atoms. The van der Waals surface area contributed by atoms with E-state index in [1.807, 2.05) is 24.4 Å². The summed E-state index contributed by atoms with van der Waals surface area (Å²) in [5.74, 6) is 2.18. The molecule has 7 heteroatoms. The topological polar surface area (TPSA) is 73.6 Å². The lowest BCUT2D eigenvalue weighted by Crippen LogP contribution is -2.23. The van der Waals surface area contributed by atoms with Crippen molar-refractivity contribution in [2.45, 2.75) is 13.5 Å². The minimum Gasteiger partial charge on any atom is -0.497 e. The highest BCUT2D eigenvalue weighted by Crippen LogP contribution is 2.25. The van der Waals surface area contributed by atoms with Gasteiger partial charge in [-0.05, 0) is 31.2 Å². The Hall–Kier alpha value is -2.80. The average Bonchev–Trinajstić information content (AvgIpc) is 3.27. The molecular formula is C18H18N2O4S. The van der Waals surface area contributed by atoms with Crippen molar-refractivity contribution < 1.29 is 18.7 Å². The number of aryl methyl sites for hydroxylation is 1. The van der Waals surface area contributed by atoms with Crippen molar-refractivity contribution in [1.82, 2.24) is 10.3 Å². The van der Waals surface area contributed by atoms with E-state index in [-0.39, 0.29) is 12.5 Å². The van der Waals surface area contributed by atoms with Crippen LogP contribution in [0, 0.1) is 6.92 Å². The first-order chi connectivity index (χ1) is 12.1. The fourth-order valence-electron chi connectivity index (χ4n) is 2.34. The number of furan rings is 1. The van der Waals surface area contributed by atoms with E-state index in [1.54, 1.807) is 36.6 Å². The molecule has 0 unspecified atom stereocenters. The van der Waals surface area contributed by atoms with Gasteiger partial charge < -0.3 is 19.2 Å². The molecule has 1 amide bonds. The largest absolute Gasteiger partial charge is 0.497 e. The number of thiazole rings is 1. The number of carbonyl (C=O) groups is 1. The molecule has 0 spiro atoms. The molecule has 0 fully saturated rings. The minimum atomic E-state index is -0.248. The number of carbonyl (C=O) groups excluding carboxylic acids is 1. The van der Waals surface area contributed by atoms with Crippen LogP contribution in [0.1, 0.15) is 21.1 Å². The van der Waals surface area contributed by atoms with E-state index in [4.69, 9.17) is 13.9 Å². The highest BCUT2D eigenvalue weighted by Gasteiger charge is 2.14. The summed E-state index contributed by atoms with van der Waals surface area (Å²) in [6.07, 6.45) is 0. The number of hydrogen-bond donors (Lipinski definition) is 1. The maximum atomic E-state index is 12.4. The zero-order chi connectivity index (χ0) is 17.8. The smallest absolute Gasteiger partial charge is 0.255 e. The van der Waals surface area contributed by atoms with E-state index < -0.39 is 0 Å².